The number of amides is 4. The van der Waals surface area contributed by atoms with Gasteiger partial charge in [0.25, 0.3) is 11.8 Å². The van der Waals surface area contributed by atoms with E-state index in [4.69, 9.17) is 24.7 Å². The highest BCUT2D eigenvalue weighted by Crippen LogP contribution is 2.24. The van der Waals surface area contributed by atoms with Gasteiger partial charge in [-0.1, -0.05) is 32.4 Å². The number of carbonyl (C=O) groups excluding carboxylic acids is 5. The molecule has 4 amide bonds. The highest BCUT2D eigenvalue weighted by atomic mass is 16.5. The number of benzene rings is 1. The van der Waals surface area contributed by atoms with Crippen molar-refractivity contribution in [3.8, 4) is 5.75 Å². The summed E-state index contributed by atoms with van der Waals surface area (Å²) < 4.78 is 21.5. The van der Waals surface area contributed by atoms with E-state index < -0.39 is 17.7 Å². The Morgan fingerprint density at radius 2 is 1.59 bits per heavy atom. The largest absolute Gasteiger partial charge is 0.483 e. The number of hydrogen-bond donors (Lipinski definition) is 3. The molecule has 0 saturated heterocycles. The van der Waals surface area contributed by atoms with Gasteiger partial charge >= 0.3 is 0 Å². The van der Waals surface area contributed by atoms with Gasteiger partial charge in [0.2, 0.25) is 12.3 Å². The Morgan fingerprint density at radius 3 is 2.17 bits per heavy atom. The van der Waals surface area contributed by atoms with E-state index in [9.17, 15) is 24.0 Å². The third-order valence-corrected chi connectivity index (χ3v) is 5.32. The summed E-state index contributed by atoms with van der Waals surface area (Å²) in [5.41, 5.74) is 5.43. The Balaban J connectivity index is 0.00000509. The van der Waals surface area contributed by atoms with Gasteiger partial charge in [0.05, 0.1) is 45.2 Å². The first kappa shape index (κ1) is 37.6. The van der Waals surface area contributed by atoms with Gasteiger partial charge in [-0.2, -0.15) is 0 Å². The molecule has 0 aromatic heterocycles. The molecule has 0 radical (unpaired) electrons. The van der Waals surface area contributed by atoms with Crippen molar-refractivity contribution in [3.05, 3.63) is 29.3 Å². The molecule has 0 aliphatic rings. The first-order valence-corrected chi connectivity index (χ1v) is 13.7. The second-order valence-electron chi connectivity index (χ2n) is 8.80. The van der Waals surface area contributed by atoms with Crippen molar-refractivity contribution in [1.82, 2.24) is 15.5 Å². The molecule has 0 aliphatic carbocycles. The Bertz CT molecular complexity index is 915. The zero-order valence-corrected chi connectivity index (χ0v) is 24.6. The first-order chi connectivity index (χ1) is 19.8. The van der Waals surface area contributed by atoms with Gasteiger partial charge in [-0.3, -0.25) is 29.3 Å². The minimum absolute atomic E-state index is 0.0127. The van der Waals surface area contributed by atoms with Crippen molar-refractivity contribution in [2.24, 2.45) is 5.73 Å². The minimum Gasteiger partial charge on any atom is -0.483 e. The van der Waals surface area contributed by atoms with E-state index in [-0.39, 0.29) is 49.1 Å². The topological polar surface area (TPSA) is 176 Å². The molecular weight excluding hydrogens is 536 g/mol. The molecule has 41 heavy (non-hydrogen) atoms. The predicted molar refractivity (Wildman–Crippen MR) is 153 cm³/mol. The van der Waals surface area contributed by atoms with Crippen LogP contribution >= 0.6 is 0 Å². The van der Waals surface area contributed by atoms with Crippen LogP contribution in [-0.2, 0) is 28.6 Å². The maximum atomic E-state index is 13.2. The molecule has 0 aliphatic heterocycles. The van der Waals surface area contributed by atoms with Gasteiger partial charge in [-0.05, 0) is 19.4 Å². The van der Waals surface area contributed by atoms with E-state index in [1.165, 1.54) is 30.5 Å². The molecule has 1 atom stereocenters. The molecule has 0 saturated carbocycles. The lowest BCUT2D eigenvalue weighted by Gasteiger charge is -2.26. The van der Waals surface area contributed by atoms with Crippen molar-refractivity contribution >= 4 is 30.4 Å². The maximum Gasteiger partial charge on any atom is 0.258 e. The summed E-state index contributed by atoms with van der Waals surface area (Å²) >= 11 is 0. The second-order valence-corrected chi connectivity index (χ2v) is 8.80. The van der Waals surface area contributed by atoms with Crippen molar-refractivity contribution < 1.29 is 42.9 Å². The van der Waals surface area contributed by atoms with Gasteiger partial charge in [0, 0.05) is 38.2 Å². The second kappa shape index (κ2) is 24.4. The van der Waals surface area contributed by atoms with Crippen LogP contribution in [0.1, 0.15) is 60.7 Å². The lowest BCUT2D eigenvalue weighted by molar-refractivity contribution is -0.125. The number of aldehydes is 1. The number of hydrogen-bond acceptors (Lipinski definition) is 10. The standard InChI is InChI=1S/C25H38N4O9.C3H8/c1-19(6-7-22(32)28-18-31)29(2)25(34)24-20(16-30)4-3-5-21(24)38-17-23(33)27-9-11-36-13-15-37-14-12-35-10-8-26;1-3-2/h3-5,16,18-19H,6-15,17,26H2,1-2H3,(H,27,33)(H,28,31,32);3H2,1-2H3. The Morgan fingerprint density at radius 1 is 0.976 bits per heavy atom. The molecule has 232 valence electrons. The van der Waals surface area contributed by atoms with Crippen LogP contribution in [0.25, 0.3) is 0 Å². The summed E-state index contributed by atoms with van der Waals surface area (Å²) in [6.07, 6.45) is 2.41. The highest BCUT2D eigenvalue weighted by Gasteiger charge is 2.24. The van der Waals surface area contributed by atoms with Crippen LogP contribution in [0.5, 0.6) is 5.75 Å². The van der Waals surface area contributed by atoms with Gasteiger partial charge in [0.1, 0.15) is 5.75 Å². The third-order valence-electron chi connectivity index (χ3n) is 5.32. The van der Waals surface area contributed by atoms with Crippen LogP contribution in [0.15, 0.2) is 18.2 Å². The van der Waals surface area contributed by atoms with Gasteiger partial charge in [0.15, 0.2) is 12.9 Å². The lowest BCUT2D eigenvalue weighted by atomic mass is 10.0. The zero-order valence-electron chi connectivity index (χ0n) is 24.6. The number of nitrogens with zero attached hydrogens (tertiary/aromatic N) is 1. The van der Waals surface area contributed by atoms with Crippen LogP contribution in [0.2, 0.25) is 0 Å². The molecule has 0 heterocycles. The average molecular weight is 583 g/mol. The molecule has 1 aromatic carbocycles. The van der Waals surface area contributed by atoms with Crippen molar-refractivity contribution in [3.63, 3.8) is 0 Å². The maximum absolute atomic E-state index is 13.2. The summed E-state index contributed by atoms with van der Waals surface area (Å²) in [6.45, 7) is 8.76. The number of ether oxygens (including phenoxy) is 4. The highest BCUT2D eigenvalue weighted by molar-refractivity contribution is 6.04. The van der Waals surface area contributed by atoms with E-state index in [1.807, 2.05) is 5.32 Å². The SMILES string of the molecule is CC(CCC(=O)NC=O)N(C)C(=O)c1c(C=O)cccc1OCC(=O)NCCOCCOCCOCCN.CCC. The fraction of sp³-hybridized carbons (Fsp3) is 0.607. The summed E-state index contributed by atoms with van der Waals surface area (Å²) in [7, 11) is 1.53. The van der Waals surface area contributed by atoms with Gasteiger partial charge in [-0.15, -0.1) is 0 Å². The van der Waals surface area contributed by atoms with Crippen LogP contribution in [0.4, 0.5) is 0 Å². The molecule has 13 nitrogen and oxygen atoms in total. The summed E-state index contributed by atoms with van der Waals surface area (Å²) in [5, 5.41) is 4.69. The number of carbonyl (C=O) groups is 5. The van der Waals surface area contributed by atoms with Crippen molar-refractivity contribution in [2.75, 3.05) is 66.4 Å². The quantitative estimate of drug-likeness (QED) is 0.140. The molecule has 0 spiro atoms. The van der Waals surface area contributed by atoms with E-state index in [2.05, 4.69) is 19.2 Å². The third kappa shape index (κ3) is 17.1. The molecule has 0 bridgehead atoms. The van der Waals surface area contributed by atoms with E-state index in [0.29, 0.717) is 58.7 Å². The molecule has 1 unspecified atom stereocenters. The van der Waals surface area contributed by atoms with Crippen LogP contribution in [0, 0.1) is 0 Å². The number of imide groups is 1. The van der Waals surface area contributed by atoms with E-state index in [1.54, 1.807) is 13.0 Å². The molecule has 1 aromatic rings. The smallest absolute Gasteiger partial charge is 0.258 e. The van der Waals surface area contributed by atoms with Crippen molar-refractivity contribution in [2.45, 2.75) is 46.1 Å². The van der Waals surface area contributed by atoms with Crippen LogP contribution in [0.3, 0.4) is 0 Å². The number of nitrogens with one attached hydrogen (secondary N) is 2. The number of nitrogens with two attached hydrogens (primary N) is 1. The zero-order chi connectivity index (χ0) is 30.9. The molecule has 13 heteroatoms. The fourth-order valence-electron chi connectivity index (χ4n) is 3.13. The van der Waals surface area contributed by atoms with Crippen LogP contribution < -0.4 is 21.1 Å². The van der Waals surface area contributed by atoms with Crippen molar-refractivity contribution in [1.29, 1.82) is 0 Å². The minimum atomic E-state index is -0.507. The fourth-order valence-corrected chi connectivity index (χ4v) is 3.13. The van der Waals surface area contributed by atoms with E-state index >= 15 is 0 Å². The number of rotatable bonds is 21. The Labute approximate surface area is 242 Å². The normalized spacial score (nSPS) is 11.0. The predicted octanol–water partition coefficient (Wildman–Crippen LogP) is 0.932. The molecule has 0 fully saturated rings. The molecule has 1 rings (SSSR count). The first-order valence-electron chi connectivity index (χ1n) is 13.7. The molecular formula is C28H46N4O9. The summed E-state index contributed by atoms with van der Waals surface area (Å²) in [5.74, 6) is -1.32. The monoisotopic (exact) mass is 582 g/mol. The van der Waals surface area contributed by atoms with Gasteiger partial charge in [-0.25, -0.2) is 0 Å². The summed E-state index contributed by atoms with van der Waals surface area (Å²) in [4.78, 5) is 60.3. The lowest BCUT2D eigenvalue weighted by Crippen LogP contribution is -2.37. The van der Waals surface area contributed by atoms with Gasteiger partial charge < -0.3 is 34.9 Å². The Hall–Kier alpha value is -3.39. The average Bonchev–Trinajstić information content (AvgIpc) is 2.97. The molecule has 4 N–H and O–H groups in total. The Kier molecular flexibility index (Phi) is 22.4. The summed E-state index contributed by atoms with van der Waals surface area (Å²) in [6, 6.07) is 4.12. The van der Waals surface area contributed by atoms with E-state index in [0.717, 1.165) is 0 Å². The van der Waals surface area contributed by atoms with Crippen LogP contribution in [-0.4, -0.2) is 108 Å².